The van der Waals surface area contributed by atoms with Gasteiger partial charge in [-0.2, -0.15) is 0 Å². The third-order valence-electron chi connectivity index (χ3n) is 5.30. The van der Waals surface area contributed by atoms with Gasteiger partial charge >= 0.3 is 116 Å². The van der Waals surface area contributed by atoms with Crippen molar-refractivity contribution in [1.82, 2.24) is 0 Å². The van der Waals surface area contributed by atoms with Crippen molar-refractivity contribution in [3.63, 3.8) is 0 Å². The number of rotatable bonds is 3. The molecule has 112 valence electrons. The molecule has 3 rings (SSSR count). The minimum absolute atomic E-state index is 0. The van der Waals surface area contributed by atoms with Crippen molar-refractivity contribution in [2.24, 2.45) is 0 Å². The first-order chi connectivity index (χ1) is 8.82. The average molecular weight is 393 g/mol. The summed E-state index contributed by atoms with van der Waals surface area (Å²) >= 11 is -2.26. The second-order valence-electron chi connectivity index (χ2n) is 6.19. The van der Waals surface area contributed by atoms with Gasteiger partial charge in [-0.25, -0.2) is 0 Å². The molecule has 0 spiro atoms. The van der Waals surface area contributed by atoms with E-state index in [4.69, 9.17) is 0 Å². The van der Waals surface area contributed by atoms with Gasteiger partial charge in [-0.15, -0.1) is 24.8 Å². The molecule has 0 amide bonds. The third kappa shape index (κ3) is 3.42. The van der Waals surface area contributed by atoms with Gasteiger partial charge in [0.25, 0.3) is 0 Å². The van der Waals surface area contributed by atoms with Gasteiger partial charge in [-0.1, -0.05) is 0 Å². The number of halogens is 2. The summed E-state index contributed by atoms with van der Waals surface area (Å²) in [5, 5.41) is 0. The molecule has 0 aromatic heterocycles. The Morgan fingerprint density at radius 2 is 1.35 bits per heavy atom. The Hall–Kier alpha value is 0.423. The monoisotopic (exact) mass is 390 g/mol. The SMILES string of the molecule is Cl.Cl.[CH3][Zr]([C]1=CC=CC1)([C]1=CC=CC1)[CH]1CCCCC1. The molecule has 0 heterocycles. The molecule has 0 aliphatic heterocycles. The summed E-state index contributed by atoms with van der Waals surface area (Å²) < 4.78 is 7.53. The Morgan fingerprint density at radius 1 is 0.850 bits per heavy atom. The van der Waals surface area contributed by atoms with Crippen LogP contribution in [-0.4, -0.2) is 0 Å². The van der Waals surface area contributed by atoms with E-state index < -0.39 is 20.3 Å². The first-order valence-electron chi connectivity index (χ1n) is 7.54. The van der Waals surface area contributed by atoms with Gasteiger partial charge < -0.3 is 0 Å². The fourth-order valence-electron chi connectivity index (χ4n) is 4.08. The Balaban J connectivity index is 0.000001000. The van der Waals surface area contributed by atoms with Crippen molar-refractivity contribution in [3.8, 4) is 0 Å². The van der Waals surface area contributed by atoms with Crippen molar-refractivity contribution in [2.75, 3.05) is 0 Å². The van der Waals surface area contributed by atoms with Gasteiger partial charge in [-0.05, 0) is 0 Å². The molecule has 0 unspecified atom stereocenters. The van der Waals surface area contributed by atoms with Crippen molar-refractivity contribution in [2.45, 2.75) is 53.2 Å². The molecular formula is C17H26Cl2Zr. The van der Waals surface area contributed by atoms with Crippen molar-refractivity contribution >= 4 is 24.8 Å². The zero-order valence-electron chi connectivity index (χ0n) is 12.3. The number of allylic oxidation sites excluding steroid dienone is 8. The van der Waals surface area contributed by atoms with E-state index in [0.717, 1.165) is 3.63 Å². The van der Waals surface area contributed by atoms with E-state index in [0.29, 0.717) is 0 Å². The average Bonchev–Trinajstić information content (AvgIpc) is 3.12. The van der Waals surface area contributed by atoms with E-state index in [1.54, 1.807) is 0 Å². The van der Waals surface area contributed by atoms with Crippen LogP contribution in [0.4, 0.5) is 0 Å². The molecule has 0 atom stereocenters. The molecule has 3 aliphatic rings. The topological polar surface area (TPSA) is 0 Å². The van der Waals surface area contributed by atoms with Gasteiger partial charge in [0.05, 0.1) is 0 Å². The fourth-order valence-corrected chi connectivity index (χ4v) is 16.3. The van der Waals surface area contributed by atoms with E-state index >= 15 is 0 Å². The first kappa shape index (κ1) is 18.5. The summed E-state index contributed by atoms with van der Waals surface area (Å²) in [6, 6.07) is 0. The van der Waals surface area contributed by atoms with Crippen molar-refractivity contribution in [1.29, 1.82) is 0 Å². The van der Waals surface area contributed by atoms with E-state index in [-0.39, 0.29) is 24.8 Å². The zero-order chi connectivity index (χ0) is 12.4. The Morgan fingerprint density at radius 3 is 1.75 bits per heavy atom. The summed E-state index contributed by atoms with van der Waals surface area (Å²) in [5.74, 6) is 0. The molecule has 0 aromatic carbocycles. The molecule has 0 aromatic rings. The molecule has 1 fully saturated rings. The van der Waals surface area contributed by atoms with E-state index in [9.17, 15) is 0 Å². The van der Waals surface area contributed by atoms with Crippen LogP contribution >= 0.6 is 24.8 Å². The summed E-state index contributed by atoms with van der Waals surface area (Å²) in [6.07, 6.45) is 24.3. The Kier molecular flexibility index (Phi) is 7.54. The Bertz CT molecular complexity index is 410. The van der Waals surface area contributed by atoms with Gasteiger partial charge in [0.2, 0.25) is 0 Å². The molecule has 0 radical (unpaired) electrons. The minimum atomic E-state index is -2.26. The summed E-state index contributed by atoms with van der Waals surface area (Å²) in [4.78, 5) is 0. The fraction of sp³-hybridized carbons (Fsp3) is 0.529. The number of hydrogen-bond donors (Lipinski definition) is 0. The van der Waals surface area contributed by atoms with Crippen LogP contribution < -0.4 is 0 Å². The molecule has 1 saturated carbocycles. The van der Waals surface area contributed by atoms with Crippen LogP contribution in [0.3, 0.4) is 0 Å². The molecule has 3 heteroatoms. The molecule has 20 heavy (non-hydrogen) atoms. The Labute approximate surface area is 140 Å². The third-order valence-corrected chi connectivity index (χ3v) is 19.1. The number of hydrogen-bond acceptors (Lipinski definition) is 0. The normalized spacial score (nSPS) is 22.1. The summed E-state index contributed by atoms with van der Waals surface area (Å²) in [7, 11) is 0. The van der Waals surface area contributed by atoms with E-state index in [2.05, 4.69) is 41.1 Å². The van der Waals surface area contributed by atoms with Gasteiger partial charge in [0.15, 0.2) is 0 Å². The quantitative estimate of drug-likeness (QED) is 0.516. The second kappa shape index (κ2) is 8.16. The van der Waals surface area contributed by atoms with Crippen LogP contribution in [0.5, 0.6) is 0 Å². The molecule has 0 saturated heterocycles. The van der Waals surface area contributed by atoms with Crippen molar-refractivity contribution < 1.29 is 20.3 Å². The van der Waals surface area contributed by atoms with Crippen LogP contribution in [-0.2, 0) is 20.3 Å². The molecular weight excluding hydrogens is 366 g/mol. The standard InChI is InChI=1S/C6H11.2C5H5.CH3.2ClH.Zr/c1-2-4-6-5-3-1;2*1-2-4-5-3-1;;;;/h1H,2-6H2;2*1-3H,4H2;1H3;2*1H;. The van der Waals surface area contributed by atoms with Gasteiger partial charge in [0, 0.05) is 0 Å². The van der Waals surface area contributed by atoms with Crippen LogP contribution in [0.25, 0.3) is 0 Å². The second-order valence-corrected chi connectivity index (χ2v) is 17.3. The first-order valence-corrected chi connectivity index (χ1v) is 13.9. The maximum absolute atomic E-state index is 2.72. The summed E-state index contributed by atoms with van der Waals surface area (Å²) in [6.45, 7) is 0. The molecule has 0 bridgehead atoms. The molecule has 0 nitrogen and oxygen atoms in total. The van der Waals surface area contributed by atoms with Crippen LogP contribution in [0.2, 0.25) is 8.26 Å². The van der Waals surface area contributed by atoms with Crippen molar-refractivity contribution in [3.05, 3.63) is 43.0 Å². The van der Waals surface area contributed by atoms with E-state index in [1.807, 2.05) is 6.56 Å². The van der Waals surface area contributed by atoms with Crippen LogP contribution in [0.15, 0.2) is 43.0 Å². The van der Waals surface area contributed by atoms with Gasteiger partial charge in [0.1, 0.15) is 0 Å². The predicted octanol–water partition coefficient (Wildman–Crippen LogP) is 6.47. The van der Waals surface area contributed by atoms with Crippen LogP contribution in [0, 0.1) is 0 Å². The van der Waals surface area contributed by atoms with E-state index in [1.165, 1.54) is 44.9 Å². The van der Waals surface area contributed by atoms with Gasteiger partial charge in [-0.3, -0.25) is 0 Å². The molecule has 3 aliphatic carbocycles. The predicted molar refractivity (Wildman–Crippen MR) is 90.9 cm³/mol. The van der Waals surface area contributed by atoms with Crippen LogP contribution in [0.1, 0.15) is 44.9 Å². The summed E-state index contributed by atoms with van der Waals surface area (Å²) in [5.41, 5.74) is 0. The maximum atomic E-state index is 2.72. The zero-order valence-corrected chi connectivity index (χ0v) is 16.4. The molecule has 0 N–H and O–H groups in total.